The number of fused-ring (bicyclic) bond motifs is 3. The molecule has 1 aromatic carbocycles. The molecule has 3 rings (SSSR count). The third-order valence-corrected chi connectivity index (χ3v) is 3.63. The van der Waals surface area contributed by atoms with Crippen LogP contribution in [0.25, 0.3) is 0 Å². The Labute approximate surface area is 90.6 Å². The van der Waals surface area contributed by atoms with Gasteiger partial charge in [0, 0.05) is 19.0 Å². The average molecular weight is 203 g/mol. The molecule has 2 aliphatic heterocycles. The van der Waals surface area contributed by atoms with Crippen LogP contribution >= 0.6 is 0 Å². The van der Waals surface area contributed by atoms with E-state index in [1.165, 1.54) is 16.7 Å². The van der Waals surface area contributed by atoms with Gasteiger partial charge in [0.05, 0.1) is 12.7 Å². The zero-order valence-electron chi connectivity index (χ0n) is 9.12. The maximum Gasteiger partial charge on any atom is 0.0784 e. The molecule has 1 aromatic rings. The Hall–Kier alpha value is -0.860. The number of hydrogen-bond donors (Lipinski definition) is 1. The molecule has 15 heavy (non-hydrogen) atoms. The molecule has 0 bridgehead atoms. The maximum atomic E-state index is 5.87. The van der Waals surface area contributed by atoms with Crippen molar-refractivity contribution in [3.63, 3.8) is 0 Å². The van der Waals surface area contributed by atoms with Crippen LogP contribution in [0.4, 0.5) is 0 Å². The van der Waals surface area contributed by atoms with Crippen LogP contribution in [-0.2, 0) is 17.8 Å². The summed E-state index contributed by atoms with van der Waals surface area (Å²) in [6.45, 7) is 5.08. The highest BCUT2D eigenvalue weighted by Crippen LogP contribution is 2.33. The standard InChI is InChI=1S/C13H17NO/c1-2-9-3-4-11-10(5-9)8-15-13-7-14-6-12(11)13/h3-5,12-14H,2,6-8H2,1H3/t12-,13-/m0/s1. The van der Waals surface area contributed by atoms with Crippen LogP contribution in [0.2, 0.25) is 0 Å². The van der Waals surface area contributed by atoms with Crippen molar-refractivity contribution in [2.45, 2.75) is 32.0 Å². The van der Waals surface area contributed by atoms with Gasteiger partial charge in [0.1, 0.15) is 0 Å². The van der Waals surface area contributed by atoms with Crippen LogP contribution in [0.5, 0.6) is 0 Å². The monoisotopic (exact) mass is 203 g/mol. The Morgan fingerprint density at radius 2 is 2.33 bits per heavy atom. The largest absolute Gasteiger partial charge is 0.372 e. The molecule has 1 saturated heterocycles. The van der Waals surface area contributed by atoms with Crippen LogP contribution in [0, 0.1) is 0 Å². The number of rotatable bonds is 1. The molecule has 0 unspecified atom stereocenters. The lowest BCUT2D eigenvalue weighted by molar-refractivity contribution is 0.0299. The Morgan fingerprint density at radius 3 is 3.20 bits per heavy atom. The predicted molar refractivity (Wildman–Crippen MR) is 60.0 cm³/mol. The SMILES string of the molecule is CCc1ccc2c(c1)CO[C@H]1CNC[C@@H]21. The summed E-state index contributed by atoms with van der Waals surface area (Å²) in [4.78, 5) is 0. The highest BCUT2D eigenvalue weighted by Gasteiger charge is 2.33. The van der Waals surface area contributed by atoms with Crippen molar-refractivity contribution in [2.75, 3.05) is 13.1 Å². The number of aryl methyl sites for hydroxylation is 1. The van der Waals surface area contributed by atoms with Crippen LogP contribution in [0.15, 0.2) is 18.2 Å². The first kappa shape index (κ1) is 9.37. The highest BCUT2D eigenvalue weighted by atomic mass is 16.5. The first-order valence-electron chi connectivity index (χ1n) is 5.82. The second-order valence-corrected chi connectivity index (χ2v) is 4.50. The second-order valence-electron chi connectivity index (χ2n) is 4.50. The van der Waals surface area contributed by atoms with Crippen molar-refractivity contribution in [3.8, 4) is 0 Å². The van der Waals surface area contributed by atoms with E-state index in [2.05, 4.69) is 30.4 Å². The summed E-state index contributed by atoms with van der Waals surface area (Å²) in [6.07, 6.45) is 1.52. The molecule has 2 heterocycles. The topological polar surface area (TPSA) is 21.3 Å². The molecule has 0 aromatic heterocycles. The van der Waals surface area contributed by atoms with Gasteiger partial charge in [-0.3, -0.25) is 0 Å². The van der Waals surface area contributed by atoms with Gasteiger partial charge >= 0.3 is 0 Å². The lowest BCUT2D eigenvalue weighted by atomic mass is 9.88. The van der Waals surface area contributed by atoms with Gasteiger partial charge in [-0.1, -0.05) is 25.1 Å². The summed E-state index contributed by atoms with van der Waals surface area (Å²) >= 11 is 0. The fourth-order valence-electron chi connectivity index (χ4n) is 2.70. The number of benzene rings is 1. The Bertz CT molecular complexity index is 375. The van der Waals surface area contributed by atoms with Gasteiger partial charge in [0.2, 0.25) is 0 Å². The fourth-order valence-corrected chi connectivity index (χ4v) is 2.70. The average Bonchev–Trinajstić information content (AvgIpc) is 2.76. The molecule has 0 saturated carbocycles. The normalized spacial score (nSPS) is 28.6. The molecule has 2 aliphatic rings. The van der Waals surface area contributed by atoms with E-state index in [9.17, 15) is 0 Å². The summed E-state index contributed by atoms with van der Waals surface area (Å²) in [5.41, 5.74) is 4.33. The molecular formula is C13H17NO. The quantitative estimate of drug-likeness (QED) is 0.752. The molecule has 80 valence electrons. The smallest absolute Gasteiger partial charge is 0.0784 e. The van der Waals surface area contributed by atoms with Crippen molar-refractivity contribution in [1.29, 1.82) is 0 Å². The lowest BCUT2D eigenvalue weighted by Gasteiger charge is -2.28. The molecular weight excluding hydrogens is 186 g/mol. The number of nitrogens with one attached hydrogen (secondary N) is 1. The molecule has 0 radical (unpaired) electrons. The third-order valence-electron chi connectivity index (χ3n) is 3.63. The summed E-state index contributed by atoms with van der Waals surface area (Å²) in [5.74, 6) is 0.583. The fraction of sp³-hybridized carbons (Fsp3) is 0.538. The van der Waals surface area contributed by atoms with Gasteiger partial charge in [-0.25, -0.2) is 0 Å². The third kappa shape index (κ3) is 1.48. The van der Waals surface area contributed by atoms with Gasteiger partial charge in [-0.15, -0.1) is 0 Å². The second kappa shape index (κ2) is 3.62. The van der Waals surface area contributed by atoms with E-state index < -0.39 is 0 Å². The predicted octanol–water partition coefficient (Wildman–Crippen LogP) is 1.83. The minimum absolute atomic E-state index is 0.407. The molecule has 2 heteroatoms. The Kier molecular flexibility index (Phi) is 2.26. The minimum atomic E-state index is 0.407. The summed E-state index contributed by atoms with van der Waals surface area (Å²) < 4.78 is 5.87. The highest BCUT2D eigenvalue weighted by molar-refractivity contribution is 5.37. The first-order valence-corrected chi connectivity index (χ1v) is 5.82. The summed E-state index contributed by atoms with van der Waals surface area (Å²) in [7, 11) is 0. The van der Waals surface area contributed by atoms with Gasteiger partial charge in [-0.05, 0) is 23.1 Å². The van der Waals surface area contributed by atoms with Crippen LogP contribution < -0.4 is 5.32 Å². The molecule has 2 nitrogen and oxygen atoms in total. The van der Waals surface area contributed by atoms with Gasteiger partial charge < -0.3 is 10.1 Å². The van der Waals surface area contributed by atoms with E-state index in [1.54, 1.807) is 0 Å². The molecule has 0 spiro atoms. The van der Waals surface area contributed by atoms with E-state index in [0.29, 0.717) is 12.0 Å². The molecule has 1 N–H and O–H groups in total. The van der Waals surface area contributed by atoms with Crippen molar-refractivity contribution in [2.24, 2.45) is 0 Å². The zero-order valence-corrected chi connectivity index (χ0v) is 9.12. The van der Waals surface area contributed by atoms with Crippen molar-refractivity contribution < 1.29 is 4.74 Å². The molecule has 1 fully saturated rings. The van der Waals surface area contributed by atoms with E-state index in [1.807, 2.05) is 0 Å². The molecule has 0 amide bonds. The van der Waals surface area contributed by atoms with E-state index in [4.69, 9.17) is 4.74 Å². The summed E-state index contributed by atoms with van der Waals surface area (Å²) in [6, 6.07) is 6.88. The maximum absolute atomic E-state index is 5.87. The van der Waals surface area contributed by atoms with Crippen LogP contribution in [-0.4, -0.2) is 19.2 Å². The van der Waals surface area contributed by atoms with Crippen LogP contribution in [0.3, 0.4) is 0 Å². The van der Waals surface area contributed by atoms with Crippen molar-refractivity contribution in [3.05, 3.63) is 34.9 Å². The van der Waals surface area contributed by atoms with Gasteiger partial charge in [-0.2, -0.15) is 0 Å². The van der Waals surface area contributed by atoms with E-state index >= 15 is 0 Å². The lowest BCUT2D eigenvalue weighted by Crippen LogP contribution is -2.26. The van der Waals surface area contributed by atoms with E-state index in [-0.39, 0.29) is 0 Å². The van der Waals surface area contributed by atoms with Crippen LogP contribution in [0.1, 0.15) is 29.5 Å². The first-order chi connectivity index (χ1) is 7.38. The van der Waals surface area contributed by atoms with Gasteiger partial charge in [0.25, 0.3) is 0 Å². The minimum Gasteiger partial charge on any atom is -0.372 e. The number of hydrogen-bond acceptors (Lipinski definition) is 2. The molecule has 2 atom stereocenters. The molecule has 0 aliphatic carbocycles. The Balaban J connectivity index is 2.00. The van der Waals surface area contributed by atoms with E-state index in [0.717, 1.165) is 26.1 Å². The summed E-state index contributed by atoms with van der Waals surface area (Å²) in [5, 5.41) is 3.41. The van der Waals surface area contributed by atoms with Crippen molar-refractivity contribution in [1.82, 2.24) is 5.32 Å². The zero-order chi connectivity index (χ0) is 10.3. The van der Waals surface area contributed by atoms with Crippen molar-refractivity contribution >= 4 is 0 Å². The number of ether oxygens (including phenoxy) is 1. The van der Waals surface area contributed by atoms with Gasteiger partial charge in [0.15, 0.2) is 0 Å². The Morgan fingerprint density at radius 1 is 1.40 bits per heavy atom.